The largest absolute Gasteiger partial charge is 0.396 e. The lowest BCUT2D eigenvalue weighted by Gasteiger charge is -2.21. The Kier molecular flexibility index (Phi) is 6.64. The molecule has 1 aromatic heterocycles. The van der Waals surface area contributed by atoms with Gasteiger partial charge >= 0.3 is 6.03 Å². The molecule has 0 N–H and O–H groups in total. The van der Waals surface area contributed by atoms with Crippen LogP contribution in [0, 0.1) is 0 Å². The molecule has 0 saturated carbocycles. The summed E-state index contributed by atoms with van der Waals surface area (Å²) in [6, 6.07) is 1.55. The summed E-state index contributed by atoms with van der Waals surface area (Å²) in [5, 5.41) is 10.0. The van der Waals surface area contributed by atoms with Crippen LogP contribution < -0.4 is 0 Å². The van der Waals surface area contributed by atoms with Gasteiger partial charge in [0.25, 0.3) is 0 Å². The molecule has 0 aromatic carbocycles. The smallest absolute Gasteiger partial charge is 0.345 e. The molecule has 3 heterocycles. The van der Waals surface area contributed by atoms with Gasteiger partial charge in [0.05, 0.1) is 31.1 Å². The van der Waals surface area contributed by atoms with Crippen LogP contribution in [0.3, 0.4) is 0 Å². The summed E-state index contributed by atoms with van der Waals surface area (Å²) in [6.07, 6.45) is 7.62. The van der Waals surface area contributed by atoms with Crippen molar-refractivity contribution in [1.82, 2.24) is 19.7 Å². The topological polar surface area (TPSA) is 89.3 Å². The first-order valence-electron chi connectivity index (χ1n) is 9.16. The van der Waals surface area contributed by atoms with Crippen LogP contribution in [-0.2, 0) is 14.5 Å². The third kappa shape index (κ3) is 4.51. The molecule has 2 amide bonds. The highest BCUT2D eigenvalue weighted by atomic mass is 16.7. The Labute approximate surface area is 164 Å². The molecule has 1 saturated heterocycles. The van der Waals surface area contributed by atoms with Crippen LogP contribution in [0.4, 0.5) is 4.79 Å². The van der Waals surface area contributed by atoms with E-state index in [-0.39, 0.29) is 18.7 Å². The molecule has 28 heavy (non-hydrogen) atoms. The van der Waals surface area contributed by atoms with Crippen molar-refractivity contribution in [2.24, 2.45) is 5.16 Å². The molecule has 10 heteroatoms. The number of amides is 2. The van der Waals surface area contributed by atoms with Crippen LogP contribution >= 0.6 is 0 Å². The highest BCUT2D eigenvalue weighted by Gasteiger charge is 2.41. The molecule has 1 radical (unpaired) electrons. The Bertz CT molecular complexity index is 791. The SMILES string of the molecule is C=CCON1C(=O)N2CC(n3ccc(/C(C)=N\OCCC[B]C=O)n3)=CC1C2. The molecule has 0 aliphatic carbocycles. The number of rotatable bonds is 11. The Morgan fingerprint density at radius 2 is 2.39 bits per heavy atom. The molecule has 2 bridgehead atoms. The second kappa shape index (κ2) is 9.36. The van der Waals surface area contributed by atoms with Gasteiger partial charge in [0.15, 0.2) is 7.28 Å². The average molecular weight is 384 g/mol. The van der Waals surface area contributed by atoms with Gasteiger partial charge in [-0.15, -0.1) is 6.58 Å². The summed E-state index contributed by atoms with van der Waals surface area (Å²) in [6.45, 7) is 7.22. The summed E-state index contributed by atoms with van der Waals surface area (Å²) >= 11 is 0. The maximum atomic E-state index is 12.4. The quantitative estimate of drug-likeness (QED) is 0.144. The lowest BCUT2D eigenvalue weighted by Crippen LogP contribution is -2.33. The molecular formula is C18H23BN5O4. The van der Waals surface area contributed by atoms with Gasteiger partial charge in [-0.2, -0.15) is 10.2 Å². The van der Waals surface area contributed by atoms with Crippen LogP contribution in [0.25, 0.3) is 5.70 Å². The molecule has 2 aliphatic heterocycles. The number of carbonyl (C=O) groups is 2. The zero-order chi connectivity index (χ0) is 19.9. The van der Waals surface area contributed by atoms with Gasteiger partial charge < -0.3 is 14.5 Å². The standard InChI is InChI=1S/C18H23BN5O4/c1-3-8-28-24-16-10-15(11-22(12-16)18(24)26)23-7-5-17(20-23)14(2)21-27-9-4-6-19-13-25/h3,5,7,10,13,16H,1,4,6,8-9,11-12H2,2H3/b21-14-. The predicted octanol–water partition coefficient (Wildman–Crippen LogP) is 1.40. The molecular weight excluding hydrogens is 361 g/mol. The van der Waals surface area contributed by atoms with Crippen LogP contribution in [0.15, 0.2) is 36.1 Å². The molecule has 0 spiro atoms. The van der Waals surface area contributed by atoms with E-state index in [0.29, 0.717) is 37.4 Å². The van der Waals surface area contributed by atoms with Crippen LogP contribution in [-0.4, -0.2) is 77.3 Å². The lowest BCUT2D eigenvalue weighted by molar-refractivity contribution is -0.107. The molecule has 1 aromatic rings. The number of oxime groups is 1. The van der Waals surface area contributed by atoms with Crippen molar-refractivity contribution in [3.05, 3.63) is 36.7 Å². The van der Waals surface area contributed by atoms with Crippen LogP contribution in [0.5, 0.6) is 0 Å². The summed E-state index contributed by atoms with van der Waals surface area (Å²) in [7, 11) is 1.55. The van der Waals surface area contributed by atoms with Gasteiger partial charge in [0, 0.05) is 12.7 Å². The highest BCUT2D eigenvalue weighted by molar-refractivity contribution is 6.66. The van der Waals surface area contributed by atoms with Gasteiger partial charge in [-0.25, -0.2) is 9.48 Å². The second-order valence-corrected chi connectivity index (χ2v) is 6.47. The molecule has 1 atom stereocenters. The maximum Gasteiger partial charge on any atom is 0.345 e. The number of urea groups is 1. The number of fused-ring (bicyclic) bond motifs is 2. The van der Waals surface area contributed by atoms with E-state index in [1.54, 1.807) is 22.9 Å². The number of hydrogen-bond donors (Lipinski definition) is 0. The summed E-state index contributed by atoms with van der Waals surface area (Å²) in [5.41, 5.74) is 2.25. The minimum atomic E-state index is -0.150. The van der Waals surface area contributed by atoms with E-state index in [2.05, 4.69) is 16.8 Å². The Balaban J connectivity index is 1.61. The summed E-state index contributed by atoms with van der Waals surface area (Å²) in [5.74, 6) is 0. The first-order chi connectivity index (χ1) is 13.6. The van der Waals surface area contributed by atoms with Crippen molar-refractivity contribution >= 4 is 30.9 Å². The van der Waals surface area contributed by atoms with Crippen molar-refractivity contribution in [2.45, 2.75) is 25.7 Å². The molecule has 1 unspecified atom stereocenters. The fraction of sp³-hybridized carbons (Fsp3) is 0.444. The van der Waals surface area contributed by atoms with E-state index in [1.807, 2.05) is 25.3 Å². The van der Waals surface area contributed by atoms with E-state index in [1.165, 1.54) is 5.06 Å². The van der Waals surface area contributed by atoms with E-state index >= 15 is 0 Å². The minimum absolute atomic E-state index is 0.148. The van der Waals surface area contributed by atoms with Gasteiger partial charge in [-0.05, 0) is 25.5 Å². The van der Waals surface area contributed by atoms with Crippen molar-refractivity contribution < 1.29 is 19.3 Å². The summed E-state index contributed by atoms with van der Waals surface area (Å²) in [4.78, 5) is 35.1. The van der Waals surface area contributed by atoms with E-state index in [0.717, 1.165) is 18.3 Å². The maximum absolute atomic E-state index is 12.4. The van der Waals surface area contributed by atoms with E-state index in [9.17, 15) is 9.59 Å². The predicted molar refractivity (Wildman–Crippen MR) is 105 cm³/mol. The van der Waals surface area contributed by atoms with Gasteiger partial charge in [-0.1, -0.05) is 17.6 Å². The van der Waals surface area contributed by atoms with Crippen molar-refractivity contribution in [3.63, 3.8) is 0 Å². The van der Waals surface area contributed by atoms with Crippen molar-refractivity contribution in [2.75, 3.05) is 26.3 Å². The minimum Gasteiger partial charge on any atom is -0.396 e. The van der Waals surface area contributed by atoms with Gasteiger partial charge in [-0.3, -0.25) is 4.84 Å². The third-order valence-corrected chi connectivity index (χ3v) is 4.39. The normalized spacial score (nSPS) is 18.9. The third-order valence-electron chi connectivity index (χ3n) is 4.39. The average Bonchev–Trinajstić information content (AvgIpc) is 3.27. The number of aromatic nitrogens is 2. The lowest BCUT2D eigenvalue weighted by atomic mass is 9.76. The first kappa shape index (κ1) is 19.9. The van der Waals surface area contributed by atoms with Crippen molar-refractivity contribution in [3.8, 4) is 0 Å². The Morgan fingerprint density at radius 1 is 1.54 bits per heavy atom. The zero-order valence-electron chi connectivity index (χ0n) is 15.9. The highest BCUT2D eigenvalue weighted by Crippen LogP contribution is 2.26. The molecule has 3 rings (SSSR count). The fourth-order valence-corrected chi connectivity index (χ4v) is 3.01. The first-order valence-corrected chi connectivity index (χ1v) is 9.16. The molecule has 2 aliphatic rings. The Morgan fingerprint density at radius 3 is 3.18 bits per heavy atom. The molecule has 147 valence electrons. The number of hydroxylamine groups is 2. The number of carbonyl (C=O) groups excluding carboxylic acids is 2. The monoisotopic (exact) mass is 384 g/mol. The molecule has 9 nitrogen and oxygen atoms in total. The van der Waals surface area contributed by atoms with E-state index < -0.39 is 0 Å². The van der Waals surface area contributed by atoms with Gasteiger partial charge in [0.2, 0.25) is 0 Å². The van der Waals surface area contributed by atoms with Crippen LogP contribution in [0.2, 0.25) is 6.32 Å². The fourth-order valence-electron chi connectivity index (χ4n) is 3.01. The molecule has 1 fully saturated rings. The van der Waals surface area contributed by atoms with Gasteiger partial charge in [0.1, 0.15) is 18.0 Å². The van der Waals surface area contributed by atoms with E-state index in [4.69, 9.17) is 9.68 Å². The summed E-state index contributed by atoms with van der Waals surface area (Å²) < 4.78 is 1.75. The number of hydrogen-bond acceptors (Lipinski definition) is 6. The van der Waals surface area contributed by atoms with Crippen molar-refractivity contribution in [1.29, 1.82) is 0 Å². The number of nitrogens with zero attached hydrogens (tertiary/aromatic N) is 5. The zero-order valence-corrected chi connectivity index (χ0v) is 15.9. The Hall–Kier alpha value is -2.88. The second-order valence-electron chi connectivity index (χ2n) is 6.47. The van der Waals surface area contributed by atoms with Crippen LogP contribution in [0.1, 0.15) is 19.0 Å².